The van der Waals surface area contributed by atoms with E-state index in [0.29, 0.717) is 5.82 Å². The number of nitrogens with one attached hydrogen (secondary N) is 2. The molecule has 3 aromatic rings. The Morgan fingerprint density at radius 1 is 0.650 bits per heavy atom. The van der Waals surface area contributed by atoms with Gasteiger partial charge in [-0.2, -0.15) is 0 Å². The lowest BCUT2D eigenvalue weighted by atomic mass is 9.96. The second kappa shape index (κ2) is 12.5. The summed E-state index contributed by atoms with van der Waals surface area (Å²) in [7, 11) is 0. The summed E-state index contributed by atoms with van der Waals surface area (Å²) in [5.74, 6) is 1.62. The van der Waals surface area contributed by atoms with E-state index in [2.05, 4.69) is 71.9 Å². The summed E-state index contributed by atoms with van der Waals surface area (Å²) in [5, 5.41) is 15.3. The molecule has 0 unspecified atom stereocenters. The highest BCUT2D eigenvalue weighted by atomic mass is 16.5. The number of hydrogen-bond acceptors (Lipinski definition) is 9. The number of morpholine rings is 2. The summed E-state index contributed by atoms with van der Waals surface area (Å²) >= 11 is 0. The first kappa shape index (κ1) is 26.3. The predicted molar refractivity (Wildman–Crippen MR) is 158 cm³/mol. The van der Waals surface area contributed by atoms with E-state index in [9.17, 15) is 4.79 Å². The van der Waals surface area contributed by atoms with Gasteiger partial charge in [0, 0.05) is 67.9 Å². The number of ether oxygens (including phenoxy) is 2. The molecule has 4 heterocycles. The summed E-state index contributed by atoms with van der Waals surface area (Å²) in [6.07, 6.45) is 1.57. The van der Waals surface area contributed by atoms with Crippen LogP contribution in [-0.4, -0.2) is 81.8 Å². The van der Waals surface area contributed by atoms with Gasteiger partial charge in [0.15, 0.2) is 11.6 Å². The van der Waals surface area contributed by atoms with Gasteiger partial charge in [0.25, 0.3) is 0 Å². The van der Waals surface area contributed by atoms with E-state index in [1.165, 1.54) is 11.4 Å². The van der Waals surface area contributed by atoms with Gasteiger partial charge in [-0.3, -0.25) is 4.79 Å². The van der Waals surface area contributed by atoms with Crippen molar-refractivity contribution in [1.82, 2.24) is 10.2 Å². The molecule has 1 amide bonds. The molecule has 0 aliphatic carbocycles. The maximum absolute atomic E-state index is 12.9. The standard InChI is InChI=1S/C30H37N7O3/c38-30(32-25-3-7-27(8-4-25)36-17-21-40-22-18-36)23-11-13-37(14-12-23)29-10-9-28(33-34-29)31-24-1-5-26(6-2-24)35-15-19-39-20-16-35/h1-10,23H,11-22H2,(H,31,33)(H,32,38). The Hall–Kier alpha value is -3.89. The highest BCUT2D eigenvalue weighted by molar-refractivity contribution is 5.92. The van der Waals surface area contributed by atoms with Crippen LogP contribution >= 0.6 is 0 Å². The molecule has 3 saturated heterocycles. The van der Waals surface area contributed by atoms with Crippen LogP contribution in [0.4, 0.5) is 34.4 Å². The number of hydrogen-bond donors (Lipinski definition) is 2. The number of piperidine rings is 1. The largest absolute Gasteiger partial charge is 0.378 e. The number of rotatable bonds is 7. The van der Waals surface area contributed by atoms with E-state index < -0.39 is 0 Å². The van der Waals surface area contributed by atoms with Crippen LogP contribution in [0, 0.1) is 5.92 Å². The lowest BCUT2D eigenvalue weighted by molar-refractivity contribution is -0.120. The maximum atomic E-state index is 12.9. The van der Waals surface area contributed by atoms with Gasteiger partial charge in [-0.05, 0) is 73.5 Å². The topological polar surface area (TPSA) is 95.1 Å². The monoisotopic (exact) mass is 543 g/mol. The molecule has 3 aliphatic heterocycles. The van der Waals surface area contributed by atoms with Crippen LogP contribution < -0.4 is 25.3 Å². The minimum Gasteiger partial charge on any atom is -0.378 e. The van der Waals surface area contributed by atoms with Gasteiger partial charge >= 0.3 is 0 Å². The zero-order valence-electron chi connectivity index (χ0n) is 22.8. The molecule has 0 bridgehead atoms. The molecular formula is C30H37N7O3. The molecule has 6 rings (SSSR count). The summed E-state index contributed by atoms with van der Waals surface area (Å²) in [6.45, 7) is 8.26. The summed E-state index contributed by atoms with van der Waals surface area (Å²) in [5.41, 5.74) is 4.18. The van der Waals surface area contributed by atoms with Crippen molar-refractivity contribution in [2.45, 2.75) is 12.8 Å². The molecule has 40 heavy (non-hydrogen) atoms. The van der Waals surface area contributed by atoms with Crippen LogP contribution in [0.25, 0.3) is 0 Å². The maximum Gasteiger partial charge on any atom is 0.227 e. The van der Waals surface area contributed by atoms with Crippen LogP contribution in [0.1, 0.15) is 12.8 Å². The number of nitrogens with zero attached hydrogens (tertiary/aromatic N) is 5. The van der Waals surface area contributed by atoms with E-state index in [1.54, 1.807) is 0 Å². The molecule has 0 saturated carbocycles. The first-order chi connectivity index (χ1) is 19.7. The van der Waals surface area contributed by atoms with Crippen molar-refractivity contribution in [2.75, 3.05) is 91.0 Å². The second-order valence-corrected chi connectivity index (χ2v) is 10.4. The summed E-state index contributed by atoms with van der Waals surface area (Å²) in [6, 6.07) is 20.4. The van der Waals surface area contributed by atoms with Crippen LogP contribution in [-0.2, 0) is 14.3 Å². The smallest absolute Gasteiger partial charge is 0.227 e. The van der Waals surface area contributed by atoms with Crippen molar-refractivity contribution in [3.63, 3.8) is 0 Å². The molecular weight excluding hydrogens is 506 g/mol. The van der Waals surface area contributed by atoms with Gasteiger partial charge in [0.05, 0.1) is 26.4 Å². The second-order valence-electron chi connectivity index (χ2n) is 10.4. The highest BCUT2D eigenvalue weighted by Gasteiger charge is 2.26. The van der Waals surface area contributed by atoms with Crippen LogP contribution in [0.2, 0.25) is 0 Å². The zero-order chi connectivity index (χ0) is 27.1. The average molecular weight is 544 g/mol. The summed E-state index contributed by atoms with van der Waals surface area (Å²) in [4.78, 5) is 19.8. The third-order valence-electron chi connectivity index (χ3n) is 7.87. The fraction of sp³-hybridized carbons (Fsp3) is 0.433. The highest BCUT2D eigenvalue weighted by Crippen LogP contribution is 2.26. The van der Waals surface area contributed by atoms with E-state index >= 15 is 0 Å². The SMILES string of the molecule is O=C(Nc1ccc(N2CCOCC2)cc1)C1CCN(c2ccc(Nc3ccc(N4CCOCC4)cc3)nn2)CC1. The molecule has 10 nitrogen and oxygen atoms in total. The van der Waals surface area contributed by atoms with Crippen LogP contribution in [0.5, 0.6) is 0 Å². The van der Waals surface area contributed by atoms with Crippen molar-refractivity contribution in [2.24, 2.45) is 5.92 Å². The minimum atomic E-state index is -0.00972. The molecule has 3 aliphatic rings. The Morgan fingerprint density at radius 2 is 1.20 bits per heavy atom. The number of carbonyl (C=O) groups excluding carboxylic acids is 1. The fourth-order valence-corrected chi connectivity index (χ4v) is 5.48. The first-order valence-corrected chi connectivity index (χ1v) is 14.2. The van der Waals surface area contributed by atoms with Gasteiger partial charge in [-0.15, -0.1) is 10.2 Å². The van der Waals surface area contributed by atoms with Gasteiger partial charge in [-0.1, -0.05) is 0 Å². The molecule has 1 aromatic heterocycles. The molecule has 0 atom stereocenters. The van der Waals surface area contributed by atoms with Gasteiger partial charge in [0.1, 0.15) is 0 Å². The normalized spacial score (nSPS) is 18.4. The van der Waals surface area contributed by atoms with Crippen molar-refractivity contribution < 1.29 is 14.3 Å². The molecule has 0 spiro atoms. The lowest BCUT2D eigenvalue weighted by Crippen LogP contribution is -2.38. The third-order valence-corrected chi connectivity index (χ3v) is 7.87. The number of anilines is 6. The van der Waals surface area contributed by atoms with Gasteiger partial charge < -0.3 is 34.8 Å². The van der Waals surface area contributed by atoms with Gasteiger partial charge in [0.2, 0.25) is 5.91 Å². The number of carbonyl (C=O) groups is 1. The average Bonchev–Trinajstić information content (AvgIpc) is 3.03. The first-order valence-electron chi connectivity index (χ1n) is 14.2. The number of aromatic nitrogens is 2. The fourth-order valence-electron chi connectivity index (χ4n) is 5.48. The Morgan fingerprint density at radius 3 is 1.73 bits per heavy atom. The molecule has 2 N–H and O–H groups in total. The van der Waals surface area contributed by atoms with Crippen LogP contribution in [0.15, 0.2) is 60.7 Å². The number of benzene rings is 2. The van der Waals surface area contributed by atoms with E-state index in [4.69, 9.17) is 9.47 Å². The Balaban J connectivity index is 0.964. The Kier molecular flexibility index (Phi) is 8.25. The predicted octanol–water partition coefficient (Wildman–Crippen LogP) is 3.75. The van der Waals surface area contributed by atoms with Crippen LogP contribution in [0.3, 0.4) is 0 Å². The van der Waals surface area contributed by atoms with E-state index in [1.807, 2.05) is 24.3 Å². The quantitative estimate of drug-likeness (QED) is 0.462. The molecule has 3 fully saturated rings. The van der Waals surface area contributed by atoms with E-state index in [-0.39, 0.29) is 11.8 Å². The number of amides is 1. The molecule has 10 heteroatoms. The van der Waals surface area contributed by atoms with Crippen molar-refractivity contribution in [1.29, 1.82) is 0 Å². The Bertz CT molecular complexity index is 1230. The zero-order valence-corrected chi connectivity index (χ0v) is 22.8. The lowest BCUT2D eigenvalue weighted by Gasteiger charge is -2.32. The summed E-state index contributed by atoms with van der Waals surface area (Å²) < 4.78 is 10.9. The molecule has 0 radical (unpaired) electrons. The molecule has 210 valence electrons. The van der Waals surface area contributed by atoms with Gasteiger partial charge in [-0.25, -0.2) is 0 Å². The Labute approximate surface area is 235 Å². The van der Waals surface area contributed by atoms with Crippen molar-refractivity contribution in [3.8, 4) is 0 Å². The van der Waals surface area contributed by atoms with Crippen molar-refractivity contribution in [3.05, 3.63) is 60.7 Å². The van der Waals surface area contributed by atoms with E-state index in [0.717, 1.165) is 95.7 Å². The van der Waals surface area contributed by atoms with Crippen molar-refractivity contribution >= 4 is 40.3 Å². The third kappa shape index (κ3) is 6.46. The minimum absolute atomic E-state index is 0.00972. The molecule has 2 aromatic carbocycles.